The van der Waals surface area contributed by atoms with Crippen molar-refractivity contribution < 1.29 is 13.2 Å². The number of anilines is 1. The van der Waals surface area contributed by atoms with E-state index in [-0.39, 0.29) is 26.5 Å². The topological polar surface area (TPSA) is 91.1 Å². The van der Waals surface area contributed by atoms with Gasteiger partial charge in [0.05, 0.1) is 15.6 Å². The maximum atomic E-state index is 12.7. The van der Waals surface area contributed by atoms with Gasteiger partial charge in [0.1, 0.15) is 6.07 Å². The Morgan fingerprint density at radius 3 is 2.69 bits per heavy atom. The first-order chi connectivity index (χ1) is 12.2. The number of hydrogen-bond donors (Lipinski definition) is 0. The zero-order chi connectivity index (χ0) is 19.5. The monoisotopic (exact) mass is 429 g/mol. The molecule has 0 bridgehead atoms. The standard InChI is InChI=1S/C16H13Cl2N3O3S2/c1-3-21(10(2)22)16-20-12(9-25-16)7-13(8-19)26(23,24)15-6-11(17)4-5-14(15)18/h4-7,9H,3H2,1-2H3/b13-7+. The summed E-state index contributed by atoms with van der Waals surface area (Å²) in [6.45, 7) is 3.63. The van der Waals surface area contributed by atoms with Crippen LogP contribution in [0, 0.1) is 11.3 Å². The Labute approximate surface area is 165 Å². The molecule has 0 aliphatic rings. The quantitative estimate of drug-likeness (QED) is 0.665. The van der Waals surface area contributed by atoms with Gasteiger partial charge in [0.15, 0.2) is 10.0 Å². The molecule has 6 nitrogen and oxygen atoms in total. The van der Waals surface area contributed by atoms with E-state index in [0.717, 1.165) is 6.08 Å². The SMILES string of the molecule is CCN(C(C)=O)c1nc(/C=C(\C#N)S(=O)(=O)c2cc(Cl)ccc2Cl)cs1. The molecule has 26 heavy (non-hydrogen) atoms. The number of sulfone groups is 1. The summed E-state index contributed by atoms with van der Waals surface area (Å²) in [6, 6.07) is 5.65. The highest BCUT2D eigenvalue weighted by Gasteiger charge is 2.25. The van der Waals surface area contributed by atoms with Crippen molar-refractivity contribution in [2.45, 2.75) is 18.7 Å². The van der Waals surface area contributed by atoms with Gasteiger partial charge in [-0.05, 0) is 31.2 Å². The first-order valence-electron chi connectivity index (χ1n) is 7.26. The number of carbonyl (C=O) groups excluding carboxylic acids is 1. The van der Waals surface area contributed by atoms with Gasteiger partial charge in [0.2, 0.25) is 15.7 Å². The number of thiazole rings is 1. The first kappa shape index (κ1) is 20.4. The van der Waals surface area contributed by atoms with Crippen LogP contribution in [0.5, 0.6) is 0 Å². The van der Waals surface area contributed by atoms with E-state index < -0.39 is 14.7 Å². The Morgan fingerprint density at radius 2 is 2.12 bits per heavy atom. The highest BCUT2D eigenvalue weighted by Crippen LogP contribution is 2.31. The molecule has 1 aromatic carbocycles. The minimum absolute atomic E-state index is 0.0387. The summed E-state index contributed by atoms with van der Waals surface area (Å²) in [5, 5.41) is 11.5. The second-order valence-electron chi connectivity index (χ2n) is 5.02. The van der Waals surface area contributed by atoms with Gasteiger partial charge in [-0.2, -0.15) is 5.26 Å². The fourth-order valence-electron chi connectivity index (χ4n) is 2.06. The number of benzene rings is 1. The number of carbonyl (C=O) groups is 1. The molecule has 0 N–H and O–H groups in total. The van der Waals surface area contributed by atoms with Gasteiger partial charge < -0.3 is 0 Å². The Bertz CT molecular complexity index is 1020. The summed E-state index contributed by atoms with van der Waals surface area (Å²) in [5.41, 5.74) is 0.253. The highest BCUT2D eigenvalue weighted by atomic mass is 35.5. The van der Waals surface area contributed by atoms with Crippen LogP contribution in [0.25, 0.3) is 6.08 Å². The molecule has 136 valence electrons. The average Bonchev–Trinajstić information content (AvgIpc) is 3.03. The highest BCUT2D eigenvalue weighted by molar-refractivity contribution is 7.95. The predicted molar refractivity (Wildman–Crippen MR) is 103 cm³/mol. The number of allylic oxidation sites excluding steroid dienone is 1. The first-order valence-corrected chi connectivity index (χ1v) is 10.4. The molecule has 0 aliphatic carbocycles. The van der Waals surface area contributed by atoms with E-state index in [1.165, 1.54) is 41.4 Å². The molecule has 2 aromatic rings. The number of nitrogens with zero attached hydrogens (tertiary/aromatic N) is 3. The maximum Gasteiger partial charge on any atom is 0.225 e. The van der Waals surface area contributed by atoms with Crippen LogP contribution < -0.4 is 4.90 Å². The minimum atomic E-state index is -4.17. The van der Waals surface area contributed by atoms with Gasteiger partial charge >= 0.3 is 0 Å². The summed E-state index contributed by atoms with van der Waals surface area (Å²) in [6.07, 6.45) is 1.14. The largest absolute Gasteiger partial charge is 0.289 e. The van der Waals surface area contributed by atoms with Gasteiger partial charge in [-0.3, -0.25) is 9.69 Å². The van der Waals surface area contributed by atoms with Gasteiger partial charge in [-0.1, -0.05) is 23.2 Å². The molecule has 1 aromatic heterocycles. The van der Waals surface area contributed by atoms with Gasteiger partial charge in [0, 0.05) is 23.9 Å². The summed E-state index contributed by atoms with van der Waals surface area (Å²) < 4.78 is 25.4. The summed E-state index contributed by atoms with van der Waals surface area (Å²) in [7, 11) is -4.17. The van der Waals surface area contributed by atoms with Crippen molar-refractivity contribution in [1.29, 1.82) is 5.26 Å². The number of aromatic nitrogens is 1. The zero-order valence-electron chi connectivity index (χ0n) is 13.7. The summed E-state index contributed by atoms with van der Waals surface area (Å²) in [4.78, 5) is 16.5. The van der Waals surface area contributed by atoms with Crippen LogP contribution in [0.15, 0.2) is 33.4 Å². The fraction of sp³-hybridized carbons (Fsp3) is 0.188. The average molecular weight is 430 g/mol. The second-order valence-corrected chi connectivity index (χ2v) is 8.58. The van der Waals surface area contributed by atoms with E-state index in [4.69, 9.17) is 23.2 Å². The molecule has 0 spiro atoms. The van der Waals surface area contributed by atoms with Crippen LogP contribution in [0.3, 0.4) is 0 Å². The second kappa shape index (κ2) is 8.18. The van der Waals surface area contributed by atoms with Crippen LogP contribution in [0.1, 0.15) is 19.5 Å². The van der Waals surface area contributed by atoms with E-state index in [9.17, 15) is 18.5 Å². The molecule has 1 amide bonds. The fourth-order valence-corrected chi connectivity index (χ4v) is 4.85. The molecule has 0 saturated carbocycles. The number of amides is 1. The van der Waals surface area contributed by atoms with E-state index in [1.54, 1.807) is 18.4 Å². The lowest BCUT2D eigenvalue weighted by molar-refractivity contribution is -0.116. The van der Waals surface area contributed by atoms with Gasteiger partial charge in [0.25, 0.3) is 0 Å². The smallest absolute Gasteiger partial charge is 0.225 e. The lowest BCUT2D eigenvalue weighted by Crippen LogP contribution is -2.27. The van der Waals surface area contributed by atoms with E-state index in [0.29, 0.717) is 11.7 Å². The third-order valence-electron chi connectivity index (χ3n) is 3.30. The Kier molecular flexibility index (Phi) is 6.42. The number of hydrogen-bond acceptors (Lipinski definition) is 6. The van der Waals surface area contributed by atoms with Crippen molar-refractivity contribution in [3.63, 3.8) is 0 Å². The maximum absolute atomic E-state index is 12.7. The van der Waals surface area contributed by atoms with Crippen molar-refractivity contribution >= 4 is 61.5 Å². The number of halogens is 2. The number of nitriles is 1. The third-order valence-corrected chi connectivity index (χ3v) is 6.56. The van der Waals surface area contributed by atoms with Crippen LogP contribution in [0.2, 0.25) is 10.0 Å². The molecule has 0 fully saturated rings. The van der Waals surface area contributed by atoms with Crippen molar-refractivity contribution in [3.05, 3.63) is 44.2 Å². The molecule has 0 aliphatic heterocycles. The molecule has 2 rings (SSSR count). The lowest BCUT2D eigenvalue weighted by atomic mass is 10.4. The zero-order valence-corrected chi connectivity index (χ0v) is 16.9. The predicted octanol–water partition coefficient (Wildman–Crippen LogP) is 4.16. The Balaban J connectivity index is 2.49. The van der Waals surface area contributed by atoms with Gasteiger partial charge in [-0.15, -0.1) is 11.3 Å². The molecule has 10 heteroatoms. The van der Waals surface area contributed by atoms with Crippen LogP contribution in [0.4, 0.5) is 5.13 Å². The van der Waals surface area contributed by atoms with E-state index in [1.807, 2.05) is 0 Å². The summed E-state index contributed by atoms with van der Waals surface area (Å²) in [5.74, 6) is -0.184. The van der Waals surface area contributed by atoms with E-state index in [2.05, 4.69) is 4.98 Å². The molecular formula is C16H13Cl2N3O3S2. The van der Waals surface area contributed by atoms with Crippen LogP contribution >= 0.6 is 34.5 Å². The van der Waals surface area contributed by atoms with Crippen LogP contribution in [-0.2, 0) is 14.6 Å². The molecular weight excluding hydrogens is 417 g/mol. The van der Waals surface area contributed by atoms with Crippen molar-refractivity contribution in [3.8, 4) is 6.07 Å². The molecule has 0 unspecified atom stereocenters. The Hall–Kier alpha value is -1.92. The van der Waals surface area contributed by atoms with Crippen LogP contribution in [-0.4, -0.2) is 25.9 Å². The van der Waals surface area contributed by atoms with E-state index >= 15 is 0 Å². The lowest BCUT2D eigenvalue weighted by Gasteiger charge is -2.14. The van der Waals surface area contributed by atoms with Crippen molar-refractivity contribution in [2.24, 2.45) is 0 Å². The normalized spacial score (nSPS) is 11.9. The summed E-state index contributed by atoms with van der Waals surface area (Å²) >= 11 is 13.0. The van der Waals surface area contributed by atoms with Gasteiger partial charge in [-0.25, -0.2) is 13.4 Å². The molecule has 0 saturated heterocycles. The minimum Gasteiger partial charge on any atom is -0.289 e. The molecule has 0 radical (unpaired) electrons. The third kappa shape index (κ3) is 4.24. The molecule has 0 atom stereocenters. The Morgan fingerprint density at radius 1 is 1.42 bits per heavy atom. The number of rotatable bonds is 5. The molecule has 1 heterocycles. The van der Waals surface area contributed by atoms with Crippen molar-refractivity contribution in [1.82, 2.24) is 4.98 Å². The van der Waals surface area contributed by atoms with Crippen molar-refractivity contribution in [2.75, 3.05) is 11.4 Å².